The fourth-order valence-corrected chi connectivity index (χ4v) is 2.70. The van der Waals surface area contributed by atoms with E-state index < -0.39 is 4.92 Å². The van der Waals surface area contributed by atoms with Crippen LogP contribution in [0, 0.1) is 10.1 Å². The van der Waals surface area contributed by atoms with Crippen LogP contribution < -0.4 is 5.32 Å². The molecule has 0 aliphatic heterocycles. The standard InChI is InChI=1S/C12H9BrN2O3S/c13-7-8-3-1-2-4-9(8)14-12(16)10-5-6-11(19-10)15(17)18/h1-6H,7H2,(H,14,16). The van der Waals surface area contributed by atoms with Gasteiger partial charge in [-0.1, -0.05) is 45.5 Å². The largest absolute Gasteiger partial charge is 0.324 e. The van der Waals surface area contributed by atoms with E-state index in [1.165, 1.54) is 12.1 Å². The predicted octanol–water partition coefficient (Wildman–Crippen LogP) is 3.80. The molecule has 1 aromatic heterocycles. The highest BCUT2D eigenvalue weighted by molar-refractivity contribution is 9.08. The monoisotopic (exact) mass is 340 g/mol. The van der Waals surface area contributed by atoms with E-state index in [-0.39, 0.29) is 10.9 Å². The van der Waals surface area contributed by atoms with Gasteiger partial charge in [0.2, 0.25) is 0 Å². The number of hydrogen-bond donors (Lipinski definition) is 1. The molecule has 1 aromatic carbocycles. The van der Waals surface area contributed by atoms with Crippen LogP contribution in [0.5, 0.6) is 0 Å². The van der Waals surface area contributed by atoms with Crippen molar-refractivity contribution < 1.29 is 9.72 Å². The lowest BCUT2D eigenvalue weighted by Crippen LogP contribution is -2.11. The maximum atomic E-state index is 12.0. The molecule has 0 aliphatic carbocycles. The number of benzene rings is 1. The summed E-state index contributed by atoms with van der Waals surface area (Å²) >= 11 is 4.20. The topological polar surface area (TPSA) is 72.2 Å². The molecule has 1 heterocycles. The van der Waals surface area contributed by atoms with E-state index in [9.17, 15) is 14.9 Å². The Balaban J connectivity index is 2.18. The number of alkyl halides is 1. The molecule has 0 atom stereocenters. The normalized spacial score (nSPS) is 10.2. The molecule has 2 rings (SSSR count). The van der Waals surface area contributed by atoms with Gasteiger partial charge < -0.3 is 5.32 Å². The van der Waals surface area contributed by atoms with Gasteiger partial charge in [0.25, 0.3) is 5.91 Å². The molecule has 7 heteroatoms. The van der Waals surface area contributed by atoms with Crippen molar-refractivity contribution in [2.75, 3.05) is 5.32 Å². The zero-order valence-corrected chi connectivity index (χ0v) is 12.0. The Morgan fingerprint density at radius 3 is 2.68 bits per heavy atom. The Kier molecular flexibility index (Phi) is 4.28. The minimum atomic E-state index is -0.506. The zero-order chi connectivity index (χ0) is 13.8. The van der Waals surface area contributed by atoms with Gasteiger partial charge in [0.1, 0.15) is 0 Å². The van der Waals surface area contributed by atoms with E-state index in [0.717, 1.165) is 16.9 Å². The van der Waals surface area contributed by atoms with Crippen molar-refractivity contribution in [2.45, 2.75) is 5.33 Å². The SMILES string of the molecule is O=C(Nc1ccccc1CBr)c1ccc([N+](=O)[O-])s1. The molecule has 0 bridgehead atoms. The lowest BCUT2D eigenvalue weighted by Gasteiger charge is -2.07. The number of nitrogens with one attached hydrogen (secondary N) is 1. The average Bonchev–Trinajstić information content (AvgIpc) is 2.89. The van der Waals surface area contributed by atoms with Crippen LogP contribution in [-0.2, 0) is 5.33 Å². The summed E-state index contributed by atoms with van der Waals surface area (Å²) in [5, 5.41) is 13.9. The molecule has 0 saturated heterocycles. The molecular formula is C12H9BrN2O3S. The molecule has 0 aliphatic rings. The van der Waals surface area contributed by atoms with Crippen molar-refractivity contribution in [3.63, 3.8) is 0 Å². The third-order valence-electron chi connectivity index (χ3n) is 2.41. The molecule has 5 nitrogen and oxygen atoms in total. The van der Waals surface area contributed by atoms with Crippen LogP contribution >= 0.6 is 27.3 Å². The van der Waals surface area contributed by atoms with E-state index in [1.807, 2.05) is 18.2 Å². The van der Waals surface area contributed by atoms with Crippen LogP contribution in [0.25, 0.3) is 0 Å². The summed E-state index contributed by atoms with van der Waals surface area (Å²) < 4.78 is 0. The molecule has 0 fully saturated rings. The summed E-state index contributed by atoms with van der Waals surface area (Å²) in [6, 6.07) is 10.2. The summed E-state index contributed by atoms with van der Waals surface area (Å²) in [7, 11) is 0. The van der Waals surface area contributed by atoms with Crippen molar-refractivity contribution in [1.82, 2.24) is 0 Å². The summed E-state index contributed by atoms with van der Waals surface area (Å²) in [5.41, 5.74) is 1.64. The Bertz CT molecular complexity index is 627. The summed E-state index contributed by atoms with van der Waals surface area (Å²) in [4.78, 5) is 22.4. The van der Waals surface area contributed by atoms with Gasteiger partial charge in [-0.3, -0.25) is 14.9 Å². The Hall–Kier alpha value is -1.73. The molecule has 0 radical (unpaired) electrons. The summed E-state index contributed by atoms with van der Waals surface area (Å²) in [5.74, 6) is -0.341. The van der Waals surface area contributed by atoms with Crippen LogP contribution in [-0.4, -0.2) is 10.8 Å². The fraction of sp³-hybridized carbons (Fsp3) is 0.0833. The lowest BCUT2D eigenvalue weighted by atomic mass is 10.2. The van der Waals surface area contributed by atoms with Gasteiger partial charge >= 0.3 is 5.00 Å². The lowest BCUT2D eigenvalue weighted by molar-refractivity contribution is -0.380. The van der Waals surface area contributed by atoms with Crippen LogP contribution in [0.3, 0.4) is 0 Å². The first-order valence-corrected chi connectivity index (χ1v) is 7.25. The minimum Gasteiger partial charge on any atom is -0.321 e. The molecule has 2 aromatic rings. The minimum absolute atomic E-state index is 0.0427. The molecule has 0 saturated carbocycles. The number of para-hydroxylation sites is 1. The molecule has 1 amide bonds. The smallest absolute Gasteiger partial charge is 0.321 e. The van der Waals surface area contributed by atoms with E-state index in [4.69, 9.17) is 0 Å². The third-order valence-corrected chi connectivity index (χ3v) is 4.04. The van der Waals surface area contributed by atoms with Gasteiger partial charge in [0, 0.05) is 17.1 Å². The van der Waals surface area contributed by atoms with Crippen LogP contribution in [0.4, 0.5) is 10.7 Å². The van der Waals surface area contributed by atoms with E-state index in [2.05, 4.69) is 21.2 Å². The zero-order valence-electron chi connectivity index (χ0n) is 9.63. The molecule has 1 N–H and O–H groups in total. The number of thiophene rings is 1. The van der Waals surface area contributed by atoms with Gasteiger partial charge in [0.05, 0.1) is 9.80 Å². The maximum Gasteiger partial charge on any atom is 0.324 e. The van der Waals surface area contributed by atoms with Crippen LogP contribution in [0.1, 0.15) is 15.2 Å². The molecule has 0 unspecified atom stereocenters. The molecule has 98 valence electrons. The van der Waals surface area contributed by atoms with Crippen molar-refractivity contribution in [3.05, 3.63) is 57.0 Å². The number of nitro groups is 1. The number of halogens is 1. The highest BCUT2D eigenvalue weighted by Gasteiger charge is 2.15. The van der Waals surface area contributed by atoms with E-state index >= 15 is 0 Å². The fourth-order valence-electron chi connectivity index (χ4n) is 1.49. The first-order chi connectivity index (χ1) is 9.11. The number of anilines is 1. The van der Waals surface area contributed by atoms with E-state index in [1.54, 1.807) is 6.07 Å². The molecule has 19 heavy (non-hydrogen) atoms. The van der Waals surface area contributed by atoms with Gasteiger partial charge in [-0.05, 0) is 17.7 Å². The number of carbonyl (C=O) groups is 1. The first kappa shape index (κ1) is 13.7. The quantitative estimate of drug-likeness (QED) is 0.522. The summed E-state index contributed by atoms with van der Waals surface area (Å²) in [6.45, 7) is 0. The molecular weight excluding hydrogens is 332 g/mol. The Labute approximate surface area is 121 Å². The van der Waals surface area contributed by atoms with Gasteiger partial charge in [-0.2, -0.15) is 0 Å². The predicted molar refractivity (Wildman–Crippen MR) is 78.0 cm³/mol. The van der Waals surface area contributed by atoms with Gasteiger partial charge in [-0.15, -0.1) is 0 Å². The van der Waals surface area contributed by atoms with Crippen LogP contribution in [0.2, 0.25) is 0 Å². The Morgan fingerprint density at radius 2 is 2.05 bits per heavy atom. The average molecular weight is 341 g/mol. The van der Waals surface area contributed by atoms with Crippen molar-refractivity contribution in [1.29, 1.82) is 0 Å². The van der Waals surface area contributed by atoms with Gasteiger partial charge in [-0.25, -0.2) is 0 Å². The van der Waals surface area contributed by atoms with E-state index in [0.29, 0.717) is 15.9 Å². The highest BCUT2D eigenvalue weighted by Crippen LogP contribution is 2.25. The second-order valence-electron chi connectivity index (χ2n) is 3.64. The number of carbonyl (C=O) groups excluding carboxylic acids is 1. The number of rotatable bonds is 4. The van der Waals surface area contributed by atoms with Crippen molar-refractivity contribution >= 4 is 43.9 Å². The second kappa shape index (κ2) is 5.94. The Morgan fingerprint density at radius 1 is 1.32 bits per heavy atom. The van der Waals surface area contributed by atoms with Crippen molar-refractivity contribution in [3.8, 4) is 0 Å². The second-order valence-corrected chi connectivity index (χ2v) is 5.26. The number of hydrogen-bond acceptors (Lipinski definition) is 4. The third kappa shape index (κ3) is 3.18. The number of amides is 1. The first-order valence-electron chi connectivity index (χ1n) is 5.31. The van der Waals surface area contributed by atoms with Crippen LogP contribution in [0.15, 0.2) is 36.4 Å². The summed E-state index contributed by atoms with van der Waals surface area (Å²) in [6.07, 6.45) is 0. The molecule has 0 spiro atoms. The van der Waals surface area contributed by atoms with Gasteiger partial charge in [0.15, 0.2) is 0 Å². The highest BCUT2D eigenvalue weighted by atomic mass is 79.9. The number of nitrogens with zero attached hydrogens (tertiary/aromatic N) is 1. The van der Waals surface area contributed by atoms with Crippen molar-refractivity contribution in [2.24, 2.45) is 0 Å². The maximum absolute atomic E-state index is 12.0.